The highest BCUT2D eigenvalue weighted by atomic mass is 16.5. The number of rotatable bonds is 9. The van der Waals surface area contributed by atoms with E-state index in [0.717, 1.165) is 16.9 Å². The minimum atomic E-state index is -0.345. The lowest BCUT2D eigenvalue weighted by Crippen LogP contribution is -2.18. The van der Waals surface area contributed by atoms with Gasteiger partial charge < -0.3 is 14.2 Å². The maximum Gasteiger partial charge on any atom is 0.271 e. The molecule has 160 valence electrons. The van der Waals surface area contributed by atoms with Gasteiger partial charge in [-0.25, -0.2) is 5.43 Å². The molecule has 6 nitrogen and oxygen atoms in total. The first-order valence-electron chi connectivity index (χ1n) is 10.00. The highest BCUT2D eigenvalue weighted by molar-refractivity contribution is 5.95. The van der Waals surface area contributed by atoms with E-state index in [1.165, 1.54) is 7.11 Å². The molecule has 0 saturated heterocycles. The molecule has 0 saturated carbocycles. The lowest BCUT2D eigenvalue weighted by Gasteiger charge is -2.14. The Morgan fingerprint density at radius 2 is 1.81 bits per heavy atom. The van der Waals surface area contributed by atoms with E-state index in [2.05, 4.69) is 10.5 Å². The van der Waals surface area contributed by atoms with Gasteiger partial charge in [-0.15, -0.1) is 0 Å². The Hall–Kier alpha value is -3.80. The number of benzene rings is 3. The van der Waals surface area contributed by atoms with Gasteiger partial charge in [0.25, 0.3) is 5.91 Å². The third kappa shape index (κ3) is 6.60. The molecule has 0 aliphatic heterocycles. The lowest BCUT2D eigenvalue weighted by atomic mass is 10.2. The molecule has 6 heteroatoms. The topological polar surface area (TPSA) is 69.2 Å². The molecule has 0 aliphatic carbocycles. The molecule has 3 rings (SSSR count). The van der Waals surface area contributed by atoms with Crippen LogP contribution in [0.5, 0.6) is 17.2 Å². The summed E-state index contributed by atoms with van der Waals surface area (Å²) >= 11 is 0. The van der Waals surface area contributed by atoms with Crippen molar-refractivity contribution in [1.29, 1.82) is 0 Å². The summed E-state index contributed by atoms with van der Waals surface area (Å²) in [4.78, 5) is 12.4. The van der Waals surface area contributed by atoms with Crippen molar-refractivity contribution in [2.75, 3.05) is 7.11 Å². The van der Waals surface area contributed by atoms with Gasteiger partial charge in [-0.2, -0.15) is 5.10 Å². The summed E-state index contributed by atoms with van der Waals surface area (Å²) in [7, 11) is 1.54. The average molecular weight is 418 g/mol. The number of hydrogen-bond donors (Lipinski definition) is 1. The zero-order valence-corrected chi connectivity index (χ0v) is 17.9. The lowest BCUT2D eigenvalue weighted by molar-refractivity contribution is 0.0954. The predicted molar refractivity (Wildman–Crippen MR) is 121 cm³/mol. The number of hydrazone groups is 1. The Bertz CT molecular complexity index is 1030. The van der Waals surface area contributed by atoms with Crippen molar-refractivity contribution >= 4 is 12.1 Å². The molecule has 1 amide bonds. The summed E-state index contributed by atoms with van der Waals surface area (Å²) in [5.74, 6) is 1.46. The predicted octanol–water partition coefficient (Wildman–Crippen LogP) is 4.83. The standard InChI is InChI=1S/C25H26N2O4/c1-18(2)31-23-13-12-21(15-24(23)29-3)25(28)27-26-16-20-10-7-11-22(14-20)30-17-19-8-5-4-6-9-19/h4-16,18H,17H2,1-3H3,(H,27,28)/b26-16-. The minimum absolute atomic E-state index is 0.00520. The van der Waals surface area contributed by atoms with Gasteiger partial charge >= 0.3 is 0 Å². The van der Waals surface area contributed by atoms with E-state index >= 15 is 0 Å². The van der Waals surface area contributed by atoms with E-state index in [4.69, 9.17) is 14.2 Å². The highest BCUT2D eigenvalue weighted by Crippen LogP contribution is 2.29. The van der Waals surface area contributed by atoms with Crippen molar-refractivity contribution in [3.63, 3.8) is 0 Å². The van der Waals surface area contributed by atoms with Crippen LogP contribution < -0.4 is 19.6 Å². The van der Waals surface area contributed by atoms with E-state index in [-0.39, 0.29) is 12.0 Å². The van der Waals surface area contributed by atoms with Crippen molar-refractivity contribution in [3.05, 3.63) is 89.5 Å². The Kier molecular flexibility index (Phi) is 7.65. The summed E-state index contributed by atoms with van der Waals surface area (Å²) in [6, 6.07) is 22.5. The Balaban J connectivity index is 1.59. The van der Waals surface area contributed by atoms with Crippen molar-refractivity contribution in [2.24, 2.45) is 5.10 Å². The van der Waals surface area contributed by atoms with Gasteiger partial charge in [-0.1, -0.05) is 42.5 Å². The number of nitrogens with one attached hydrogen (secondary N) is 1. The molecule has 3 aromatic carbocycles. The number of carbonyl (C=O) groups is 1. The fraction of sp³-hybridized carbons (Fsp3) is 0.200. The molecule has 0 unspecified atom stereocenters. The number of nitrogens with zero attached hydrogens (tertiary/aromatic N) is 1. The van der Waals surface area contributed by atoms with Crippen LogP contribution in [0.1, 0.15) is 35.3 Å². The second kappa shape index (κ2) is 10.8. The molecule has 0 spiro atoms. The van der Waals surface area contributed by atoms with Gasteiger partial charge in [-0.3, -0.25) is 4.79 Å². The summed E-state index contributed by atoms with van der Waals surface area (Å²) in [6.45, 7) is 4.34. The van der Waals surface area contributed by atoms with Crippen molar-refractivity contribution in [1.82, 2.24) is 5.43 Å². The van der Waals surface area contributed by atoms with Crippen LogP contribution in [-0.4, -0.2) is 25.3 Å². The molecule has 1 N–H and O–H groups in total. The fourth-order valence-corrected chi connectivity index (χ4v) is 2.82. The van der Waals surface area contributed by atoms with Gasteiger partial charge in [0.1, 0.15) is 12.4 Å². The third-order valence-corrected chi connectivity index (χ3v) is 4.27. The summed E-state index contributed by atoms with van der Waals surface area (Å²) < 4.78 is 16.8. The van der Waals surface area contributed by atoms with E-state index in [1.807, 2.05) is 68.4 Å². The van der Waals surface area contributed by atoms with Crippen molar-refractivity contribution in [2.45, 2.75) is 26.6 Å². The Morgan fingerprint density at radius 1 is 1.00 bits per heavy atom. The molecule has 0 atom stereocenters. The fourth-order valence-electron chi connectivity index (χ4n) is 2.82. The molecular formula is C25H26N2O4. The average Bonchev–Trinajstić information content (AvgIpc) is 2.78. The molecule has 0 radical (unpaired) electrons. The quantitative estimate of drug-likeness (QED) is 0.399. The molecule has 0 bridgehead atoms. The zero-order chi connectivity index (χ0) is 22.1. The number of ether oxygens (including phenoxy) is 3. The first-order valence-corrected chi connectivity index (χ1v) is 10.00. The van der Waals surface area contributed by atoms with Gasteiger partial charge in [0.15, 0.2) is 11.5 Å². The maximum absolute atomic E-state index is 12.4. The molecule has 3 aromatic rings. The van der Waals surface area contributed by atoms with Crippen LogP contribution >= 0.6 is 0 Å². The monoisotopic (exact) mass is 418 g/mol. The molecular weight excluding hydrogens is 392 g/mol. The molecule has 0 aromatic heterocycles. The Morgan fingerprint density at radius 3 is 2.55 bits per heavy atom. The summed E-state index contributed by atoms with van der Waals surface area (Å²) in [5.41, 5.74) is 4.85. The van der Waals surface area contributed by atoms with Gasteiger partial charge in [0.05, 0.1) is 19.4 Å². The molecule has 0 aliphatic rings. The van der Waals surface area contributed by atoms with Crippen LogP contribution in [0.3, 0.4) is 0 Å². The molecule has 0 fully saturated rings. The smallest absolute Gasteiger partial charge is 0.271 e. The molecule has 0 heterocycles. The van der Waals surface area contributed by atoms with Gasteiger partial charge in [-0.05, 0) is 55.3 Å². The summed E-state index contributed by atoms with van der Waals surface area (Å²) in [6.07, 6.45) is 1.58. The second-order valence-electron chi connectivity index (χ2n) is 7.08. The summed E-state index contributed by atoms with van der Waals surface area (Å²) in [5, 5.41) is 4.05. The second-order valence-corrected chi connectivity index (χ2v) is 7.08. The Labute approximate surface area is 182 Å². The number of methoxy groups -OCH3 is 1. The third-order valence-electron chi connectivity index (χ3n) is 4.27. The maximum atomic E-state index is 12.4. The normalized spacial score (nSPS) is 10.8. The van der Waals surface area contributed by atoms with Crippen LogP contribution in [0.15, 0.2) is 77.9 Å². The molecule has 31 heavy (non-hydrogen) atoms. The first kappa shape index (κ1) is 21.9. The largest absolute Gasteiger partial charge is 0.493 e. The van der Waals surface area contributed by atoms with E-state index in [1.54, 1.807) is 24.4 Å². The van der Waals surface area contributed by atoms with E-state index in [9.17, 15) is 4.79 Å². The number of hydrogen-bond acceptors (Lipinski definition) is 5. The van der Waals surface area contributed by atoms with E-state index in [0.29, 0.717) is 23.7 Å². The van der Waals surface area contributed by atoms with Crippen LogP contribution in [0.2, 0.25) is 0 Å². The number of carbonyl (C=O) groups excluding carboxylic acids is 1. The minimum Gasteiger partial charge on any atom is -0.493 e. The highest BCUT2D eigenvalue weighted by Gasteiger charge is 2.11. The van der Waals surface area contributed by atoms with Crippen molar-refractivity contribution in [3.8, 4) is 17.2 Å². The van der Waals surface area contributed by atoms with Crippen molar-refractivity contribution < 1.29 is 19.0 Å². The van der Waals surface area contributed by atoms with Gasteiger partial charge in [0.2, 0.25) is 0 Å². The van der Waals surface area contributed by atoms with Gasteiger partial charge in [0, 0.05) is 5.56 Å². The van der Waals surface area contributed by atoms with Crippen LogP contribution in [0.4, 0.5) is 0 Å². The van der Waals surface area contributed by atoms with Crippen LogP contribution in [-0.2, 0) is 6.61 Å². The van der Waals surface area contributed by atoms with Crippen LogP contribution in [0.25, 0.3) is 0 Å². The SMILES string of the molecule is COc1cc(C(=O)N/N=C\c2cccc(OCc3ccccc3)c2)ccc1OC(C)C. The number of amides is 1. The van der Waals surface area contributed by atoms with Crippen LogP contribution in [0, 0.1) is 0 Å². The zero-order valence-electron chi connectivity index (χ0n) is 17.9. The van der Waals surface area contributed by atoms with E-state index < -0.39 is 0 Å². The first-order chi connectivity index (χ1) is 15.0.